The number of aromatic nitrogens is 1. The van der Waals surface area contributed by atoms with Gasteiger partial charge in [0.05, 0.1) is 5.69 Å². The zero-order valence-electron chi connectivity index (χ0n) is 11.6. The molecule has 1 aliphatic heterocycles. The van der Waals surface area contributed by atoms with Crippen LogP contribution in [0, 0.1) is 11.8 Å². The highest BCUT2D eigenvalue weighted by atomic mass is 79.9. The molecule has 2 bridgehead atoms. The first-order valence-electron chi connectivity index (χ1n) is 7.02. The summed E-state index contributed by atoms with van der Waals surface area (Å²) in [6, 6.07) is 4.12. The SMILES string of the molecule is COC1(c2cc(Br)ccn2)C2CCCC1CN(C)C2. The second kappa shape index (κ2) is 5.15. The summed E-state index contributed by atoms with van der Waals surface area (Å²) in [6.07, 6.45) is 5.68. The molecule has 0 spiro atoms. The Hall–Kier alpha value is -0.450. The van der Waals surface area contributed by atoms with Crippen LogP contribution in [0.4, 0.5) is 0 Å². The number of hydrogen-bond donors (Lipinski definition) is 0. The topological polar surface area (TPSA) is 25.4 Å². The average molecular weight is 325 g/mol. The molecule has 2 atom stereocenters. The van der Waals surface area contributed by atoms with Crippen LogP contribution in [0.15, 0.2) is 22.8 Å². The lowest BCUT2D eigenvalue weighted by molar-refractivity contribution is -0.168. The van der Waals surface area contributed by atoms with Crippen LogP contribution < -0.4 is 0 Å². The van der Waals surface area contributed by atoms with Gasteiger partial charge in [0, 0.05) is 42.7 Å². The molecular formula is C15H21BrN2O. The van der Waals surface area contributed by atoms with Gasteiger partial charge in [0.2, 0.25) is 0 Å². The van der Waals surface area contributed by atoms with Gasteiger partial charge in [-0.2, -0.15) is 0 Å². The predicted octanol–water partition coefficient (Wildman–Crippen LogP) is 3.05. The third kappa shape index (κ3) is 2.14. The molecule has 0 radical (unpaired) electrons. The summed E-state index contributed by atoms with van der Waals surface area (Å²) < 4.78 is 7.21. The zero-order chi connectivity index (χ0) is 13.5. The molecule has 3 nitrogen and oxygen atoms in total. The van der Waals surface area contributed by atoms with E-state index in [1.54, 1.807) is 0 Å². The van der Waals surface area contributed by atoms with Crippen molar-refractivity contribution in [3.05, 3.63) is 28.5 Å². The van der Waals surface area contributed by atoms with Crippen LogP contribution >= 0.6 is 15.9 Å². The van der Waals surface area contributed by atoms with Crippen LogP contribution in [-0.4, -0.2) is 37.1 Å². The highest BCUT2D eigenvalue weighted by Gasteiger charge is 2.53. The van der Waals surface area contributed by atoms with Gasteiger partial charge in [0.1, 0.15) is 5.60 Å². The van der Waals surface area contributed by atoms with E-state index in [1.807, 2.05) is 19.4 Å². The minimum Gasteiger partial charge on any atom is -0.371 e. The van der Waals surface area contributed by atoms with E-state index >= 15 is 0 Å². The maximum absolute atomic E-state index is 6.13. The largest absolute Gasteiger partial charge is 0.371 e. The minimum absolute atomic E-state index is 0.186. The van der Waals surface area contributed by atoms with Gasteiger partial charge in [-0.15, -0.1) is 0 Å². The Morgan fingerprint density at radius 2 is 2.05 bits per heavy atom. The highest BCUT2D eigenvalue weighted by molar-refractivity contribution is 9.10. The first-order valence-corrected chi connectivity index (χ1v) is 7.82. The number of ether oxygens (including phenoxy) is 1. The van der Waals surface area contributed by atoms with E-state index in [9.17, 15) is 0 Å². The quantitative estimate of drug-likeness (QED) is 0.836. The van der Waals surface area contributed by atoms with E-state index < -0.39 is 0 Å². The number of pyridine rings is 1. The molecule has 2 aliphatic rings. The number of methoxy groups -OCH3 is 1. The number of likely N-dealkylation sites (tertiary alicyclic amines) is 1. The van der Waals surface area contributed by atoms with Crippen molar-refractivity contribution in [1.29, 1.82) is 0 Å². The Morgan fingerprint density at radius 1 is 1.37 bits per heavy atom. The molecule has 1 saturated heterocycles. The molecule has 0 aromatic carbocycles. The normalized spacial score (nSPS) is 35.3. The van der Waals surface area contributed by atoms with E-state index in [2.05, 4.69) is 38.9 Å². The fourth-order valence-electron chi connectivity index (χ4n) is 4.13. The highest BCUT2D eigenvalue weighted by Crippen LogP contribution is 2.50. The molecule has 0 amide bonds. The first kappa shape index (κ1) is 13.5. The van der Waals surface area contributed by atoms with Gasteiger partial charge in [-0.1, -0.05) is 22.4 Å². The summed E-state index contributed by atoms with van der Waals surface area (Å²) in [5.41, 5.74) is 0.918. The molecule has 1 aromatic rings. The summed E-state index contributed by atoms with van der Waals surface area (Å²) in [5.74, 6) is 1.11. The Morgan fingerprint density at radius 3 is 2.63 bits per heavy atom. The van der Waals surface area contributed by atoms with Gasteiger partial charge < -0.3 is 9.64 Å². The van der Waals surface area contributed by atoms with E-state index in [1.165, 1.54) is 19.3 Å². The third-order valence-corrected chi connectivity index (χ3v) is 5.34. The average Bonchev–Trinajstić information content (AvgIpc) is 2.38. The molecule has 4 heteroatoms. The van der Waals surface area contributed by atoms with Crippen molar-refractivity contribution in [3.8, 4) is 0 Å². The van der Waals surface area contributed by atoms with Crippen molar-refractivity contribution in [1.82, 2.24) is 9.88 Å². The van der Waals surface area contributed by atoms with Crippen molar-refractivity contribution in [2.45, 2.75) is 24.9 Å². The van der Waals surface area contributed by atoms with Crippen LogP contribution in [0.25, 0.3) is 0 Å². The molecule has 1 aliphatic carbocycles. The number of piperidine rings is 1. The van der Waals surface area contributed by atoms with Gasteiger partial charge >= 0.3 is 0 Å². The summed E-state index contributed by atoms with van der Waals surface area (Å²) >= 11 is 3.57. The third-order valence-electron chi connectivity index (χ3n) is 4.84. The molecule has 0 N–H and O–H groups in total. The number of hydrogen-bond acceptors (Lipinski definition) is 3. The maximum Gasteiger partial charge on any atom is 0.118 e. The van der Waals surface area contributed by atoms with Crippen LogP contribution in [0.1, 0.15) is 25.0 Å². The number of halogens is 1. The molecule has 2 unspecified atom stereocenters. The first-order chi connectivity index (χ1) is 9.16. The summed E-state index contributed by atoms with van der Waals surface area (Å²) in [7, 11) is 4.08. The Labute approximate surface area is 123 Å². The lowest BCUT2D eigenvalue weighted by atomic mass is 9.64. The second-order valence-electron chi connectivity index (χ2n) is 5.90. The van der Waals surface area contributed by atoms with Crippen molar-refractivity contribution in [3.63, 3.8) is 0 Å². The summed E-state index contributed by atoms with van der Waals surface area (Å²) in [4.78, 5) is 7.09. The molecule has 2 fully saturated rings. The van der Waals surface area contributed by atoms with Crippen LogP contribution in [0.5, 0.6) is 0 Å². The van der Waals surface area contributed by atoms with Gasteiger partial charge in [-0.3, -0.25) is 4.98 Å². The molecule has 104 valence electrons. The summed E-state index contributed by atoms with van der Waals surface area (Å²) in [6.45, 7) is 2.22. The molecule has 19 heavy (non-hydrogen) atoms. The van der Waals surface area contributed by atoms with Gasteiger partial charge in [0.15, 0.2) is 0 Å². The van der Waals surface area contributed by atoms with E-state index in [-0.39, 0.29) is 5.60 Å². The summed E-state index contributed by atoms with van der Waals surface area (Å²) in [5, 5.41) is 0. The van der Waals surface area contributed by atoms with Gasteiger partial charge in [-0.05, 0) is 32.0 Å². The second-order valence-corrected chi connectivity index (χ2v) is 6.82. The fourth-order valence-corrected chi connectivity index (χ4v) is 4.46. The number of rotatable bonds is 2. The number of nitrogens with zero attached hydrogens (tertiary/aromatic N) is 2. The zero-order valence-corrected chi connectivity index (χ0v) is 13.2. The van der Waals surface area contributed by atoms with Crippen molar-refractivity contribution in [2.75, 3.05) is 27.2 Å². The molecule has 3 rings (SSSR count). The standard InChI is InChI=1S/C15H21BrN2O/c1-18-9-11-4-3-5-12(10-18)15(11,19-2)14-8-13(16)6-7-17-14/h6-8,11-12H,3-5,9-10H2,1-2H3. The van der Waals surface area contributed by atoms with Crippen LogP contribution in [-0.2, 0) is 10.3 Å². The van der Waals surface area contributed by atoms with Crippen molar-refractivity contribution in [2.24, 2.45) is 11.8 Å². The monoisotopic (exact) mass is 324 g/mol. The van der Waals surface area contributed by atoms with E-state index in [4.69, 9.17) is 4.74 Å². The van der Waals surface area contributed by atoms with Crippen LogP contribution in [0.2, 0.25) is 0 Å². The van der Waals surface area contributed by atoms with Crippen LogP contribution in [0.3, 0.4) is 0 Å². The maximum atomic E-state index is 6.13. The van der Waals surface area contributed by atoms with E-state index in [0.717, 1.165) is 23.3 Å². The lowest BCUT2D eigenvalue weighted by Crippen LogP contribution is -2.58. The molecule has 1 aromatic heterocycles. The minimum atomic E-state index is -0.186. The van der Waals surface area contributed by atoms with Crippen molar-refractivity contribution >= 4 is 15.9 Å². The van der Waals surface area contributed by atoms with Crippen molar-refractivity contribution < 1.29 is 4.74 Å². The smallest absolute Gasteiger partial charge is 0.118 e. The molecule has 1 saturated carbocycles. The Bertz CT molecular complexity index is 451. The molecule has 2 heterocycles. The number of fused-ring (bicyclic) bond motifs is 2. The van der Waals surface area contributed by atoms with Gasteiger partial charge in [0.25, 0.3) is 0 Å². The molecular weight excluding hydrogens is 304 g/mol. The lowest BCUT2D eigenvalue weighted by Gasteiger charge is -2.54. The Kier molecular flexibility index (Phi) is 3.67. The predicted molar refractivity (Wildman–Crippen MR) is 79.0 cm³/mol. The van der Waals surface area contributed by atoms with E-state index in [0.29, 0.717) is 11.8 Å². The van der Waals surface area contributed by atoms with Gasteiger partial charge in [-0.25, -0.2) is 0 Å². The fraction of sp³-hybridized carbons (Fsp3) is 0.667. The Balaban J connectivity index is 2.07.